The topological polar surface area (TPSA) is 28.6 Å². The second-order valence-electron chi connectivity index (χ2n) is 6.27. The van der Waals surface area contributed by atoms with Crippen molar-refractivity contribution in [2.45, 2.75) is 19.4 Å². The molecule has 0 atom stereocenters. The highest BCUT2D eigenvalue weighted by atomic mass is 32.1. The van der Waals surface area contributed by atoms with Crippen molar-refractivity contribution in [3.8, 4) is 10.6 Å². The molecule has 2 aromatic rings. The van der Waals surface area contributed by atoms with Crippen LogP contribution in [0.2, 0.25) is 0 Å². The number of nitrogens with zero attached hydrogens (tertiary/aromatic N) is 3. The van der Waals surface area contributed by atoms with Gasteiger partial charge in [-0.15, -0.1) is 11.3 Å². The molecule has 3 heterocycles. The van der Waals surface area contributed by atoms with E-state index in [1.165, 1.54) is 42.9 Å². The summed E-state index contributed by atoms with van der Waals surface area (Å²) < 4.78 is 5.40. The standard InChI is InChI=1S/C18H23N3OS/c1-2-8-21(7-1)17-5-3-15(4-6-17)18-19-16(14-23-18)13-20-9-11-22-12-10-20/h3-6,14H,1-2,7-13H2. The number of hydrogen-bond acceptors (Lipinski definition) is 5. The monoisotopic (exact) mass is 329 g/mol. The highest BCUT2D eigenvalue weighted by Crippen LogP contribution is 2.28. The zero-order chi connectivity index (χ0) is 15.5. The van der Waals surface area contributed by atoms with Gasteiger partial charge in [0.15, 0.2) is 0 Å². The van der Waals surface area contributed by atoms with E-state index < -0.39 is 0 Å². The van der Waals surface area contributed by atoms with Crippen molar-refractivity contribution in [1.29, 1.82) is 0 Å². The second kappa shape index (κ2) is 6.99. The first-order chi connectivity index (χ1) is 11.4. The molecule has 1 aromatic carbocycles. The molecular formula is C18H23N3OS. The van der Waals surface area contributed by atoms with E-state index in [1.54, 1.807) is 11.3 Å². The van der Waals surface area contributed by atoms with Crippen LogP contribution in [0.3, 0.4) is 0 Å². The molecule has 2 aliphatic heterocycles. The van der Waals surface area contributed by atoms with Crippen LogP contribution in [-0.2, 0) is 11.3 Å². The minimum absolute atomic E-state index is 0.842. The number of rotatable bonds is 4. The summed E-state index contributed by atoms with van der Waals surface area (Å²) in [6.07, 6.45) is 2.64. The Bertz CT molecular complexity index is 628. The number of thiazole rings is 1. The van der Waals surface area contributed by atoms with Crippen molar-refractivity contribution >= 4 is 17.0 Å². The zero-order valence-electron chi connectivity index (χ0n) is 13.4. The summed E-state index contributed by atoms with van der Waals surface area (Å²) in [4.78, 5) is 9.71. The molecule has 4 rings (SSSR count). The summed E-state index contributed by atoms with van der Waals surface area (Å²) in [5.74, 6) is 0. The Labute approximate surface area is 141 Å². The van der Waals surface area contributed by atoms with Gasteiger partial charge in [-0.25, -0.2) is 4.98 Å². The van der Waals surface area contributed by atoms with E-state index in [-0.39, 0.29) is 0 Å². The Kier molecular flexibility index (Phi) is 4.60. The second-order valence-corrected chi connectivity index (χ2v) is 7.13. The molecule has 0 radical (unpaired) electrons. The zero-order valence-corrected chi connectivity index (χ0v) is 14.2. The van der Waals surface area contributed by atoms with Crippen LogP contribution in [0, 0.1) is 0 Å². The fraction of sp³-hybridized carbons (Fsp3) is 0.500. The molecule has 122 valence electrons. The van der Waals surface area contributed by atoms with E-state index in [4.69, 9.17) is 9.72 Å². The smallest absolute Gasteiger partial charge is 0.123 e. The van der Waals surface area contributed by atoms with Crippen LogP contribution in [0.4, 0.5) is 5.69 Å². The summed E-state index contributed by atoms with van der Waals surface area (Å²) >= 11 is 1.75. The third-order valence-electron chi connectivity index (χ3n) is 4.63. The van der Waals surface area contributed by atoms with E-state index in [0.29, 0.717) is 0 Å². The van der Waals surface area contributed by atoms with Gasteiger partial charge in [0.2, 0.25) is 0 Å². The normalized spacial score (nSPS) is 19.4. The molecule has 0 amide bonds. The molecule has 0 bridgehead atoms. The number of benzene rings is 1. The summed E-state index contributed by atoms with van der Waals surface area (Å²) in [6, 6.07) is 8.91. The third kappa shape index (κ3) is 3.57. The fourth-order valence-corrected chi connectivity index (χ4v) is 4.11. The van der Waals surface area contributed by atoms with Gasteiger partial charge in [0.1, 0.15) is 5.01 Å². The molecule has 4 nitrogen and oxygen atoms in total. The van der Waals surface area contributed by atoms with Crippen LogP contribution in [0.25, 0.3) is 10.6 Å². The first kappa shape index (κ1) is 15.1. The number of aromatic nitrogens is 1. The lowest BCUT2D eigenvalue weighted by Gasteiger charge is -2.25. The largest absolute Gasteiger partial charge is 0.379 e. The van der Waals surface area contributed by atoms with Crippen LogP contribution >= 0.6 is 11.3 Å². The SMILES string of the molecule is c1cc(N2CCCC2)ccc1-c1nc(CN2CCOCC2)cs1. The number of morpholine rings is 1. The van der Waals surface area contributed by atoms with Crippen LogP contribution in [0.15, 0.2) is 29.6 Å². The number of anilines is 1. The maximum Gasteiger partial charge on any atom is 0.123 e. The lowest BCUT2D eigenvalue weighted by molar-refractivity contribution is 0.0337. The summed E-state index contributed by atoms with van der Waals surface area (Å²) in [5.41, 5.74) is 3.75. The Morgan fingerprint density at radius 2 is 1.74 bits per heavy atom. The highest BCUT2D eigenvalue weighted by molar-refractivity contribution is 7.13. The molecule has 2 fully saturated rings. The molecule has 1 aromatic heterocycles. The average molecular weight is 329 g/mol. The maximum absolute atomic E-state index is 5.40. The van der Waals surface area contributed by atoms with E-state index in [9.17, 15) is 0 Å². The van der Waals surface area contributed by atoms with Crippen LogP contribution in [-0.4, -0.2) is 49.3 Å². The van der Waals surface area contributed by atoms with Gasteiger partial charge in [0, 0.05) is 49.4 Å². The van der Waals surface area contributed by atoms with Gasteiger partial charge in [-0.3, -0.25) is 4.90 Å². The predicted molar refractivity (Wildman–Crippen MR) is 95.1 cm³/mol. The summed E-state index contributed by atoms with van der Waals surface area (Å²) in [7, 11) is 0. The van der Waals surface area contributed by atoms with Gasteiger partial charge in [0.05, 0.1) is 18.9 Å². The molecule has 0 aliphatic carbocycles. The predicted octanol–water partition coefficient (Wildman–Crippen LogP) is 3.24. The van der Waals surface area contributed by atoms with Crippen LogP contribution < -0.4 is 4.90 Å². The average Bonchev–Trinajstić information content (AvgIpc) is 3.28. The Hall–Kier alpha value is -1.43. The highest BCUT2D eigenvalue weighted by Gasteiger charge is 2.14. The molecule has 0 N–H and O–H groups in total. The van der Waals surface area contributed by atoms with E-state index in [1.807, 2.05) is 0 Å². The van der Waals surface area contributed by atoms with Gasteiger partial charge in [0.25, 0.3) is 0 Å². The summed E-state index contributed by atoms with van der Waals surface area (Å²) in [5, 5.41) is 3.32. The van der Waals surface area contributed by atoms with Crippen molar-refractivity contribution in [3.05, 3.63) is 35.3 Å². The molecule has 2 saturated heterocycles. The molecule has 5 heteroatoms. The van der Waals surface area contributed by atoms with Crippen molar-refractivity contribution in [2.75, 3.05) is 44.3 Å². The number of ether oxygens (including phenoxy) is 1. The molecule has 2 aliphatic rings. The van der Waals surface area contributed by atoms with Gasteiger partial charge in [-0.1, -0.05) is 0 Å². The number of hydrogen-bond donors (Lipinski definition) is 0. The molecular weight excluding hydrogens is 306 g/mol. The Morgan fingerprint density at radius 3 is 2.48 bits per heavy atom. The van der Waals surface area contributed by atoms with Gasteiger partial charge >= 0.3 is 0 Å². The fourth-order valence-electron chi connectivity index (χ4n) is 3.29. The van der Waals surface area contributed by atoms with E-state index in [0.717, 1.165) is 37.9 Å². The van der Waals surface area contributed by atoms with Crippen molar-refractivity contribution in [1.82, 2.24) is 9.88 Å². The lowest BCUT2D eigenvalue weighted by Crippen LogP contribution is -2.35. The van der Waals surface area contributed by atoms with Crippen LogP contribution in [0.1, 0.15) is 18.5 Å². The minimum Gasteiger partial charge on any atom is -0.379 e. The molecule has 0 unspecified atom stereocenters. The van der Waals surface area contributed by atoms with Crippen LogP contribution in [0.5, 0.6) is 0 Å². The maximum atomic E-state index is 5.40. The van der Waals surface area contributed by atoms with Crippen molar-refractivity contribution in [2.24, 2.45) is 0 Å². The Balaban J connectivity index is 1.43. The van der Waals surface area contributed by atoms with E-state index >= 15 is 0 Å². The van der Waals surface area contributed by atoms with Gasteiger partial charge in [-0.2, -0.15) is 0 Å². The van der Waals surface area contributed by atoms with E-state index in [2.05, 4.69) is 39.4 Å². The molecule has 23 heavy (non-hydrogen) atoms. The first-order valence-electron chi connectivity index (χ1n) is 8.48. The third-order valence-corrected chi connectivity index (χ3v) is 5.57. The Morgan fingerprint density at radius 1 is 1.00 bits per heavy atom. The summed E-state index contributed by atoms with van der Waals surface area (Å²) in [6.45, 7) is 7.03. The van der Waals surface area contributed by atoms with Crippen molar-refractivity contribution in [3.63, 3.8) is 0 Å². The van der Waals surface area contributed by atoms with Gasteiger partial charge < -0.3 is 9.64 Å². The first-order valence-corrected chi connectivity index (χ1v) is 9.36. The van der Waals surface area contributed by atoms with Crippen molar-refractivity contribution < 1.29 is 4.74 Å². The molecule has 0 saturated carbocycles. The molecule has 0 spiro atoms. The van der Waals surface area contributed by atoms with Gasteiger partial charge in [-0.05, 0) is 37.1 Å². The quantitative estimate of drug-likeness (QED) is 0.861. The lowest BCUT2D eigenvalue weighted by atomic mass is 10.2. The minimum atomic E-state index is 0.842.